The van der Waals surface area contributed by atoms with Crippen LogP contribution in [0.4, 0.5) is 0 Å². The molecule has 2 aromatic heterocycles. The van der Waals surface area contributed by atoms with Crippen LogP contribution >= 0.6 is 0 Å². The Balaban J connectivity index is 1.53. The van der Waals surface area contributed by atoms with Crippen LogP contribution in [0.25, 0.3) is 33.3 Å². The number of hydrogen-bond acceptors (Lipinski definition) is 6. The highest BCUT2D eigenvalue weighted by atomic mass is 16.5. The minimum absolute atomic E-state index is 0.108. The third-order valence-corrected chi connectivity index (χ3v) is 5.17. The van der Waals surface area contributed by atoms with Gasteiger partial charge in [-0.25, -0.2) is 4.79 Å². The second kappa shape index (κ2) is 8.07. The van der Waals surface area contributed by atoms with E-state index in [2.05, 4.69) is 0 Å². The molecule has 0 aliphatic carbocycles. The molecule has 0 aliphatic rings. The molecule has 0 saturated carbocycles. The van der Waals surface area contributed by atoms with Crippen LogP contribution in [0.2, 0.25) is 0 Å². The molecule has 0 aliphatic heterocycles. The van der Waals surface area contributed by atoms with E-state index in [9.17, 15) is 9.59 Å². The first-order valence-electron chi connectivity index (χ1n) is 9.98. The number of ketones is 1. The van der Waals surface area contributed by atoms with Crippen LogP contribution in [0, 0.1) is 0 Å². The Labute approximate surface area is 182 Å². The van der Waals surface area contributed by atoms with Crippen molar-refractivity contribution in [1.29, 1.82) is 0 Å². The number of benzene rings is 3. The SMILES string of the molecule is COc1cccc2cc(-c3cc(=O)oc4ccc(OCC(=O)c5ccccc5)cc34)oc12. The quantitative estimate of drug-likeness (QED) is 0.264. The van der Waals surface area contributed by atoms with Gasteiger partial charge in [0.2, 0.25) is 0 Å². The van der Waals surface area contributed by atoms with E-state index in [1.165, 1.54) is 6.07 Å². The highest BCUT2D eigenvalue weighted by Gasteiger charge is 2.16. The van der Waals surface area contributed by atoms with Crippen LogP contribution in [0.1, 0.15) is 10.4 Å². The van der Waals surface area contributed by atoms with Crippen molar-refractivity contribution >= 4 is 27.7 Å². The van der Waals surface area contributed by atoms with Gasteiger partial charge in [0, 0.05) is 28.0 Å². The molecule has 158 valence electrons. The standard InChI is InChI=1S/C26H18O6/c1-29-23-9-5-8-17-12-24(32-26(17)23)20-14-25(28)31-22-11-10-18(13-19(20)22)30-15-21(27)16-6-3-2-4-7-16/h2-14H,15H2,1H3. The average Bonchev–Trinajstić information content (AvgIpc) is 3.27. The molecule has 32 heavy (non-hydrogen) atoms. The number of para-hydroxylation sites is 1. The molecule has 0 saturated heterocycles. The van der Waals surface area contributed by atoms with Gasteiger partial charge in [0.1, 0.15) is 17.1 Å². The number of Topliss-reactive ketones (excluding diaryl/α,β-unsaturated/α-hetero) is 1. The van der Waals surface area contributed by atoms with E-state index in [0.717, 1.165) is 5.39 Å². The summed E-state index contributed by atoms with van der Waals surface area (Å²) in [4.78, 5) is 24.5. The van der Waals surface area contributed by atoms with E-state index in [1.54, 1.807) is 49.6 Å². The topological polar surface area (TPSA) is 78.9 Å². The number of rotatable bonds is 6. The molecule has 0 unspecified atom stereocenters. The Morgan fingerprint density at radius 3 is 2.56 bits per heavy atom. The minimum atomic E-state index is -0.493. The third-order valence-electron chi connectivity index (χ3n) is 5.17. The molecule has 5 aromatic rings. The number of methoxy groups -OCH3 is 1. The lowest BCUT2D eigenvalue weighted by molar-refractivity contribution is 0.0921. The van der Waals surface area contributed by atoms with E-state index < -0.39 is 5.63 Å². The molecule has 6 heteroatoms. The molecule has 6 nitrogen and oxygen atoms in total. The van der Waals surface area contributed by atoms with Crippen LogP contribution in [0.3, 0.4) is 0 Å². The van der Waals surface area contributed by atoms with E-state index >= 15 is 0 Å². The maximum Gasteiger partial charge on any atom is 0.336 e. The number of ether oxygens (including phenoxy) is 2. The summed E-state index contributed by atoms with van der Waals surface area (Å²) in [5.41, 5.74) is 1.63. The minimum Gasteiger partial charge on any atom is -0.493 e. The van der Waals surface area contributed by atoms with Crippen molar-refractivity contribution in [3.05, 3.63) is 94.8 Å². The van der Waals surface area contributed by atoms with Crippen molar-refractivity contribution in [2.45, 2.75) is 0 Å². The van der Waals surface area contributed by atoms with Gasteiger partial charge in [0.25, 0.3) is 0 Å². The van der Waals surface area contributed by atoms with Crippen LogP contribution in [0.15, 0.2) is 92.5 Å². The second-order valence-corrected chi connectivity index (χ2v) is 7.20. The van der Waals surface area contributed by atoms with Crippen LogP contribution in [-0.4, -0.2) is 19.5 Å². The molecule has 0 bridgehead atoms. The third kappa shape index (κ3) is 3.63. The number of fused-ring (bicyclic) bond motifs is 2. The Bertz CT molecular complexity index is 1490. The summed E-state index contributed by atoms with van der Waals surface area (Å²) in [6, 6.07) is 22.8. The Morgan fingerprint density at radius 2 is 1.75 bits per heavy atom. The fourth-order valence-electron chi connectivity index (χ4n) is 3.62. The normalized spacial score (nSPS) is 11.0. The highest BCUT2D eigenvalue weighted by Crippen LogP contribution is 2.36. The Morgan fingerprint density at radius 1 is 0.906 bits per heavy atom. The zero-order valence-corrected chi connectivity index (χ0v) is 17.2. The Hall–Kier alpha value is -4.32. The molecule has 0 radical (unpaired) electrons. The summed E-state index contributed by atoms with van der Waals surface area (Å²) >= 11 is 0. The summed E-state index contributed by atoms with van der Waals surface area (Å²) in [5.74, 6) is 1.45. The summed E-state index contributed by atoms with van der Waals surface area (Å²) in [6.45, 7) is -0.108. The second-order valence-electron chi connectivity index (χ2n) is 7.20. The van der Waals surface area contributed by atoms with Gasteiger partial charge in [-0.05, 0) is 30.3 Å². The van der Waals surface area contributed by atoms with Crippen LogP contribution in [-0.2, 0) is 0 Å². The van der Waals surface area contributed by atoms with E-state index in [0.29, 0.717) is 44.9 Å². The molecule has 2 heterocycles. The van der Waals surface area contributed by atoms with Gasteiger partial charge in [-0.2, -0.15) is 0 Å². The van der Waals surface area contributed by atoms with Crippen LogP contribution in [0.5, 0.6) is 11.5 Å². The average molecular weight is 426 g/mol. The highest BCUT2D eigenvalue weighted by molar-refractivity contribution is 5.98. The van der Waals surface area contributed by atoms with E-state index in [-0.39, 0.29) is 12.4 Å². The first kappa shape index (κ1) is 19.6. The zero-order valence-electron chi connectivity index (χ0n) is 17.2. The van der Waals surface area contributed by atoms with Crippen molar-refractivity contribution < 1.29 is 23.1 Å². The number of carbonyl (C=O) groups is 1. The molecule has 0 spiro atoms. The Kier molecular flexibility index (Phi) is 4.95. The van der Waals surface area contributed by atoms with Gasteiger partial charge in [-0.15, -0.1) is 0 Å². The van der Waals surface area contributed by atoms with Gasteiger partial charge in [0.05, 0.1) is 7.11 Å². The summed E-state index contributed by atoms with van der Waals surface area (Å²) in [6.07, 6.45) is 0. The number of furan rings is 1. The van der Waals surface area contributed by atoms with Gasteiger partial charge in [-0.3, -0.25) is 4.79 Å². The molecular formula is C26H18O6. The van der Waals surface area contributed by atoms with Gasteiger partial charge in [-0.1, -0.05) is 42.5 Å². The van der Waals surface area contributed by atoms with E-state index in [4.69, 9.17) is 18.3 Å². The lowest BCUT2D eigenvalue weighted by Gasteiger charge is -2.08. The molecular weight excluding hydrogens is 408 g/mol. The maximum absolute atomic E-state index is 12.4. The summed E-state index contributed by atoms with van der Waals surface area (Å²) in [5, 5.41) is 1.48. The number of carbonyl (C=O) groups excluding carboxylic acids is 1. The van der Waals surface area contributed by atoms with Crippen molar-refractivity contribution in [3.63, 3.8) is 0 Å². The van der Waals surface area contributed by atoms with Crippen LogP contribution < -0.4 is 15.1 Å². The van der Waals surface area contributed by atoms with Crippen molar-refractivity contribution in [2.75, 3.05) is 13.7 Å². The van der Waals surface area contributed by atoms with Crippen molar-refractivity contribution in [3.8, 4) is 22.8 Å². The lowest BCUT2D eigenvalue weighted by Crippen LogP contribution is -2.11. The molecule has 0 amide bonds. The molecule has 0 fully saturated rings. The smallest absolute Gasteiger partial charge is 0.336 e. The first-order valence-corrected chi connectivity index (χ1v) is 9.98. The predicted molar refractivity (Wildman–Crippen MR) is 121 cm³/mol. The largest absolute Gasteiger partial charge is 0.493 e. The van der Waals surface area contributed by atoms with Gasteiger partial charge >= 0.3 is 5.63 Å². The van der Waals surface area contributed by atoms with Gasteiger partial charge < -0.3 is 18.3 Å². The number of hydrogen-bond donors (Lipinski definition) is 0. The maximum atomic E-state index is 12.4. The first-order chi connectivity index (χ1) is 15.6. The molecule has 5 rings (SSSR count). The monoisotopic (exact) mass is 426 g/mol. The summed E-state index contributed by atoms with van der Waals surface area (Å²) in [7, 11) is 1.57. The fraction of sp³-hybridized carbons (Fsp3) is 0.0769. The molecule has 3 aromatic carbocycles. The van der Waals surface area contributed by atoms with Crippen molar-refractivity contribution in [2.24, 2.45) is 0 Å². The molecule has 0 N–H and O–H groups in total. The van der Waals surface area contributed by atoms with Gasteiger partial charge in [0.15, 0.2) is 23.7 Å². The molecule has 0 atom stereocenters. The zero-order chi connectivity index (χ0) is 22.1. The van der Waals surface area contributed by atoms with E-state index in [1.807, 2.05) is 30.3 Å². The lowest BCUT2D eigenvalue weighted by atomic mass is 10.1. The fourth-order valence-corrected chi connectivity index (χ4v) is 3.62. The predicted octanol–water partition coefficient (Wildman–Crippen LogP) is 5.48. The summed E-state index contributed by atoms with van der Waals surface area (Å²) < 4.78 is 22.5. The van der Waals surface area contributed by atoms with Crippen molar-refractivity contribution in [1.82, 2.24) is 0 Å².